The number of hydrogen-bond donors (Lipinski definition) is 1. The summed E-state index contributed by atoms with van der Waals surface area (Å²) in [5.74, 6) is 2.13. The van der Waals surface area contributed by atoms with Crippen LogP contribution in [0.3, 0.4) is 0 Å². The Hall–Kier alpha value is -2.99. The fraction of sp³-hybridized carbons (Fsp3) is 0.105. The van der Waals surface area contributed by atoms with E-state index in [2.05, 4.69) is 17.8 Å². The van der Waals surface area contributed by atoms with Crippen molar-refractivity contribution in [1.29, 1.82) is 0 Å². The number of carbonyl (C=O) groups is 1. The first-order valence-electron chi connectivity index (χ1n) is 6.81. The molecule has 0 radical (unpaired) electrons. The second-order valence-corrected chi connectivity index (χ2v) is 4.73. The Balaban J connectivity index is 2.30. The highest BCUT2D eigenvalue weighted by Crippen LogP contribution is 2.26. The molecular formula is C19H17NO2. The van der Waals surface area contributed by atoms with Crippen LogP contribution >= 0.6 is 0 Å². The number of nitrogens with one attached hydrogen (secondary N) is 1. The number of hydrogen-bond acceptors (Lipinski definition) is 3. The van der Waals surface area contributed by atoms with E-state index in [0.717, 1.165) is 16.8 Å². The number of anilines is 1. The molecular weight excluding hydrogens is 274 g/mol. The summed E-state index contributed by atoms with van der Waals surface area (Å²) < 4.78 is 4.78. The van der Waals surface area contributed by atoms with Crippen molar-refractivity contribution in [2.45, 2.75) is 6.04 Å². The largest absolute Gasteiger partial charge is 0.466 e. The van der Waals surface area contributed by atoms with E-state index in [0.29, 0.717) is 5.57 Å². The molecule has 0 spiro atoms. The quantitative estimate of drug-likeness (QED) is 0.520. The highest BCUT2D eigenvalue weighted by Gasteiger charge is 2.21. The van der Waals surface area contributed by atoms with Gasteiger partial charge in [0.25, 0.3) is 0 Å². The molecule has 2 rings (SSSR count). The zero-order chi connectivity index (χ0) is 15.9. The fourth-order valence-electron chi connectivity index (χ4n) is 2.10. The zero-order valence-corrected chi connectivity index (χ0v) is 12.4. The third-order valence-corrected chi connectivity index (χ3v) is 3.29. The van der Waals surface area contributed by atoms with Crippen molar-refractivity contribution in [3.63, 3.8) is 0 Å². The molecule has 0 saturated carbocycles. The minimum atomic E-state index is -0.443. The Labute approximate surface area is 130 Å². The lowest BCUT2D eigenvalue weighted by Crippen LogP contribution is -2.19. The molecule has 0 heterocycles. The summed E-state index contributed by atoms with van der Waals surface area (Å²) in [4.78, 5) is 11.8. The van der Waals surface area contributed by atoms with Gasteiger partial charge in [0.15, 0.2) is 0 Å². The summed E-state index contributed by atoms with van der Waals surface area (Å²) in [6.45, 7) is 3.86. The van der Waals surface area contributed by atoms with E-state index in [9.17, 15) is 4.79 Å². The van der Waals surface area contributed by atoms with Crippen molar-refractivity contribution in [1.82, 2.24) is 0 Å². The molecule has 0 saturated heterocycles. The SMILES string of the molecule is C#Cc1ccc(N[C@@H](C(=C)C(=O)OC)c2ccccc2)cc1. The molecule has 3 heteroatoms. The second kappa shape index (κ2) is 7.14. The standard InChI is InChI=1S/C19H17NO2/c1-4-15-10-12-17(13-11-15)20-18(14(2)19(21)22-3)16-8-6-5-7-9-16/h1,5-13,18,20H,2H2,3H3/t18-/m0/s1. The molecule has 0 aliphatic heterocycles. The number of esters is 1. The number of rotatable bonds is 5. The lowest BCUT2D eigenvalue weighted by molar-refractivity contribution is -0.136. The average Bonchev–Trinajstić information content (AvgIpc) is 2.59. The summed E-state index contributed by atoms with van der Waals surface area (Å²) in [5, 5.41) is 3.29. The van der Waals surface area contributed by atoms with Crippen LogP contribution in [-0.2, 0) is 9.53 Å². The highest BCUT2D eigenvalue weighted by atomic mass is 16.5. The monoisotopic (exact) mass is 291 g/mol. The van der Waals surface area contributed by atoms with Gasteiger partial charge >= 0.3 is 5.97 Å². The molecule has 2 aromatic rings. The first-order chi connectivity index (χ1) is 10.7. The maximum absolute atomic E-state index is 11.8. The van der Waals surface area contributed by atoms with E-state index in [1.807, 2.05) is 54.6 Å². The molecule has 0 aliphatic rings. The van der Waals surface area contributed by atoms with Gasteiger partial charge in [0.05, 0.1) is 18.7 Å². The van der Waals surface area contributed by atoms with Crippen LogP contribution < -0.4 is 5.32 Å². The zero-order valence-electron chi connectivity index (χ0n) is 12.4. The smallest absolute Gasteiger partial charge is 0.335 e. The minimum Gasteiger partial charge on any atom is -0.466 e. The summed E-state index contributed by atoms with van der Waals surface area (Å²) >= 11 is 0. The van der Waals surface area contributed by atoms with Crippen molar-refractivity contribution in [2.75, 3.05) is 12.4 Å². The Bertz CT molecular complexity index is 696. The van der Waals surface area contributed by atoms with E-state index in [1.165, 1.54) is 7.11 Å². The van der Waals surface area contributed by atoms with Crippen molar-refractivity contribution in [2.24, 2.45) is 0 Å². The van der Waals surface area contributed by atoms with Crippen LogP contribution in [0, 0.1) is 12.3 Å². The Morgan fingerprint density at radius 1 is 1.18 bits per heavy atom. The van der Waals surface area contributed by atoms with Crippen molar-refractivity contribution < 1.29 is 9.53 Å². The van der Waals surface area contributed by atoms with Crippen LogP contribution in [0.15, 0.2) is 66.7 Å². The topological polar surface area (TPSA) is 38.3 Å². The van der Waals surface area contributed by atoms with Crippen LogP contribution in [0.2, 0.25) is 0 Å². The summed E-state index contributed by atoms with van der Waals surface area (Å²) in [5.41, 5.74) is 2.92. The van der Waals surface area contributed by atoms with Gasteiger partial charge in [0.1, 0.15) is 0 Å². The molecule has 22 heavy (non-hydrogen) atoms. The molecule has 1 N–H and O–H groups in total. The maximum Gasteiger partial charge on any atom is 0.335 e. The molecule has 0 fully saturated rings. The molecule has 0 aliphatic carbocycles. The molecule has 3 nitrogen and oxygen atoms in total. The molecule has 0 aromatic heterocycles. The van der Waals surface area contributed by atoms with Crippen LogP contribution in [0.5, 0.6) is 0 Å². The first-order valence-corrected chi connectivity index (χ1v) is 6.81. The van der Waals surface area contributed by atoms with Crippen LogP contribution in [0.4, 0.5) is 5.69 Å². The Kier molecular flexibility index (Phi) is 5.00. The van der Waals surface area contributed by atoms with E-state index in [4.69, 9.17) is 11.2 Å². The third-order valence-electron chi connectivity index (χ3n) is 3.29. The van der Waals surface area contributed by atoms with Gasteiger partial charge < -0.3 is 10.1 Å². The number of methoxy groups -OCH3 is 1. The van der Waals surface area contributed by atoms with Gasteiger partial charge in [-0.3, -0.25) is 0 Å². The first kappa shape index (κ1) is 15.4. The maximum atomic E-state index is 11.8. The van der Waals surface area contributed by atoms with Gasteiger partial charge in [-0.15, -0.1) is 6.42 Å². The lowest BCUT2D eigenvalue weighted by Gasteiger charge is -2.21. The summed E-state index contributed by atoms with van der Waals surface area (Å²) in [6, 6.07) is 16.7. The van der Waals surface area contributed by atoms with Crippen LogP contribution in [0.25, 0.3) is 0 Å². The number of terminal acetylenes is 1. The summed E-state index contributed by atoms with van der Waals surface area (Å²) in [7, 11) is 1.34. The predicted octanol–water partition coefficient (Wildman–Crippen LogP) is 3.55. The van der Waals surface area contributed by atoms with Gasteiger partial charge in [0, 0.05) is 11.3 Å². The highest BCUT2D eigenvalue weighted by molar-refractivity contribution is 5.90. The van der Waals surface area contributed by atoms with Crippen molar-refractivity contribution in [3.8, 4) is 12.3 Å². The van der Waals surface area contributed by atoms with Gasteiger partial charge in [-0.2, -0.15) is 0 Å². The van der Waals surface area contributed by atoms with Gasteiger partial charge in [0.2, 0.25) is 0 Å². The van der Waals surface area contributed by atoms with E-state index >= 15 is 0 Å². The lowest BCUT2D eigenvalue weighted by atomic mass is 9.99. The Morgan fingerprint density at radius 3 is 2.36 bits per heavy atom. The molecule has 0 bridgehead atoms. The fourth-order valence-corrected chi connectivity index (χ4v) is 2.10. The van der Waals surface area contributed by atoms with Gasteiger partial charge in [-0.05, 0) is 29.8 Å². The van der Waals surface area contributed by atoms with E-state index in [-0.39, 0.29) is 6.04 Å². The van der Waals surface area contributed by atoms with Gasteiger partial charge in [-0.25, -0.2) is 4.79 Å². The van der Waals surface area contributed by atoms with E-state index in [1.54, 1.807) is 0 Å². The molecule has 110 valence electrons. The van der Waals surface area contributed by atoms with E-state index < -0.39 is 5.97 Å². The van der Waals surface area contributed by atoms with Crippen molar-refractivity contribution in [3.05, 3.63) is 77.9 Å². The number of ether oxygens (including phenoxy) is 1. The second-order valence-electron chi connectivity index (χ2n) is 4.73. The number of benzene rings is 2. The minimum absolute atomic E-state index is 0.342. The van der Waals surface area contributed by atoms with Crippen LogP contribution in [-0.4, -0.2) is 13.1 Å². The normalized spacial score (nSPS) is 11.1. The third kappa shape index (κ3) is 3.56. The molecule has 1 atom stereocenters. The molecule has 0 unspecified atom stereocenters. The van der Waals surface area contributed by atoms with Crippen molar-refractivity contribution >= 4 is 11.7 Å². The van der Waals surface area contributed by atoms with Crippen LogP contribution in [0.1, 0.15) is 17.2 Å². The summed E-state index contributed by atoms with van der Waals surface area (Å²) in [6.07, 6.45) is 5.35. The Morgan fingerprint density at radius 2 is 1.82 bits per heavy atom. The average molecular weight is 291 g/mol. The predicted molar refractivity (Wildman–Crippen MR) is 88.3 cm³/mol. The number of carbonyl (C=O) groups excluding carboxylic acids is 1. The molecule has 0 amide bonds. The van der Waals surface area contributed by atoms with Gasteiger partial charge in [-0.1, -0.05) is 42.8 Å². The molecule has 2 aromatic carbocycles.